The maximum atomic E-state index is 8.44. The Labute approximate surface area is 104 Å². The van der Waals surface area contributed by atoms with E-state index in [9.17, 15) is 0 Å². The van der Waals surface area contributed by atoms with Crippen LogP contribution >= 0.6 is 0 Å². The van der Waals surface area contributed by atoms with Gasteiger partial charge in [0, 0.05) is 10.7 Å². The molecule has 1 aromatic rings. The van der Waals surface area contributed by atoms with E-state index in [0.717, 1.165) is 5.56 Å². The number of rotatable bonds is 5. The summed E-state index contributed by atoms with van der Waals surface area (Å²) < 4.78 is 10.3. The summed E-state index contributed by atoms with van der Waals surface area (Å²) in [5.74, 6) is 0.954. The van der Waals surface area contributed by atoms with Gasteiger partial charge in [0.15, 0.2) is 18.1 Å². The van der Waals surface area contributed by atoms with E-state index in [2.05, 4.69) is 10.2 Å². The van der Waals surface area contributed by atoms with Crippen LogP contribution < -0.4 is 26.0 Å². The van der Waals surface area contributed by atoms with Crippen LogP contribution in [0.1, 0.15) is 5.56 Å². The molecule has 0 aliphatic heterocycles. The predicted molar refractivity (Wildman–Crippen MR) is 66.0 cm³/mol. The molecule has 7 heteroatoms. The topological polar surface area (TPSA) is 121 Å². The van der Waals surface area contributed by atoms with Crippen molar-refractivity contribution in [2.45, 2.75) is 0 Å². The zero-order valence-electron chi connectivity index (χ0n) is 9.88. The summed E-state index contributed by atoms with van der Waals surface area (Å²) in [6.07, 6.45) is 1.59. The molecule has 0 heterocycles. The number of benzene rings is 1. The number of nitrogens with two attached hydrogens (primary N) is 2. The Hall–Kier alpha value is -2.75. The zero-order valence-corrected chi connectivity index (χ0v) is 9.88. The van der Waals surface area contributed by atoms with Crippen LogP contribution in [0.15, 0.2) is 23.3 Å². The number of guanidine groups is 1. The first-order valence-electron chi connectivity index (χ1n) is 5.02. The highest BCUT2D eigenvalue weighted by Gasteiger charge is 2.05. The molecular weight excluding hydrogens is 234 g/mol. The fourth-order valence-corrected chi connectivity index (χ4v) is 1.18. The second-order valence-corrected chi connectivity index (χ2v) is 3.17. The molecule has 1 rings (SSSR count). The van der Waals surface area contributed by atoms with Crippen LogP contribution in [-0.2, 0) is 0 Å². The third-order valence-electron chi connectivity index (χ3n) is 1.90. The highest BCUT2D eigenvalue weighted by atomic mass is 16.5. The lowest BCUT2D eigenvalue weighted by atomic mass is 10.2. The number of methoxy groups -OCH3 is 1. The molecule has 0 unspecified atom stereocenters. The molecule has 0 saturated carbocycles. The van der Waals surface area contributed by atoms with Crippen molar-refractivity contribution in [2.24, 2.45) is 16.6 Å². The highest BCUT2D eigenvalue weighted by Crippen LogP contribution is 2.27. The smallest absolute Gasteiger partial charge is 0.256 e. The van der Waals surface area contributed by atoms with Crippen molar-refractivity contribution in [3.63, 3.8) is 0 Å². The molecule has 1 aromatic carbocycles. The van der Waals surface area contributed by atoms with Crippen LogP contribution in [0.25, 0.3) is 0 Å². The average Bonchev–Trinajstić information content (AvgIpc) is 2.36. The van der Waals surface area contributed by atoms with E-state index >= 15 is 0 Å². The van der Waals surface area contributed by atoms with Gasteiger partial charge in [-0.2, -0.15) is 5.26 Å². The fraction of sp³-hybridized carbons (Fsp3) is 0.182. The molecule has 0 saturated heterocycles. The molecule has 0 fully saturated rings. The maximum Gasteiger partial charge on any atom is 0.256 e. The summed E-state index contributed by atoms with van der Waals surface area (Å²) in [7, 11) is 1.52. The van der Waals surface area contributed by atoms with Crippen LogP contribution in [0, 0.1) is 11.3 Å². The molecule has 7 nitrogen and oxygen atoms in total. The van der Waals surface area contributed by atoms with Crippen molar-refractivity contribution in [2.75, 3.05) is 13.7 Å². The van der Waals surface area contributed by atoms with Gasteiger partial charge < -0.3 is 20.9 Å². The molecule has 18 heavy (non-hydrogen) atoms. The van der Waals surface area contributed by atoms with Crippen LogP contribution in [0.2, 0.25) is 0 Å². The standard InChI is InChI=1S/C11H13N5O2/c1-17-10-6-8(7-15-16-11(13)14)2-3-9(10)18-5-4-12/h2-3,6-7H,5H2,1H3,(H4,13,14,16)/p+1/b15-7+. The van der Waals surface area contributed by atoms with Gasteiger partial charge in [-0.25, -0.2) is 0 Å². The van der Waals surface area contributed by atoms with E-state index in [1.54, 1.807) is 24.4 Å². The average molecular weight is 248 g/mol. The predicted octanol–water partition coefficient (Wildman–Crippen LogP) is -1.71. The number of nitrogens with zero attached hydrogens (tertiary/aromatic N) is 2. The van der Waals surface area contributed by atoms with E-state index < -0.39 is 0 Å². The number of nitrogens with one attached hydrogen (secondary N) is 1. The summed E-state index contributed by atoms with van der Waals surface area (Å²) in [5.41, 5.74) is 11.1. The molecule has 0 aliphatic rings. The van der Waals surface area contributed by atoms with Gasteiger partial charge in [0.2, 0.25) is 6.21 Å². The Balaban J connectivity index is 2.88. The van der Waals surface area contributed by atoms with Gasteiger partial charge in [-0.3, -0.25) is 0 Å². The summed E-state index contributed by atoms with van der Waals surface area (Å²) in [5, 5.41) is 14.6. The van der Waals surface area contributed by atoms with Crippen LogP contribution in [0.3, 0.4) is 0 Å². The minimum absolute atomic E-state index is 0.0360. The number of hydrogen-bond acceptors (Lipinski definition) is 4. The third-order valence-corrected chi connectivity index (χ3v) is 1.90. The first-order valence-corrected chi connectivity index (χ1v) is 5.02. The largest absolute Gasteiger partial charge is 0.493 e. The second kappa shape index (κ2) is 6.75. The van der Waals surface area contributed by atoms with Crippen LogP contribution in [0.4, 0.5) is 0 Å². The van der Waals surface area contributed by atoms with E-state index in [1.807, 2.05) is 6.07 Å². The number of hydrazone groups is 1. The van der Waals surface area contributed by atoms with Crippen molar-refractivity contribution < 1.29 is 14.6 Å². The Bertz CT molecular complexity index is 501. The van der Waals surface area contributed by atoms with Gasteiger partial charge in [-0.15, -0.1) is 5.10 Å². The van der Waals surface area contributed by atoms with Crippen molar-refractivity contribution in [1.82, 2.24) is 0 Å². The molecule has 0 atom stereocenters. The van der Waals surface area contributed by atoms with Crippen molar-refractivity contribution in [3.05, 3.63) is 23.8 Å². The van der Waals surface area contributed by atoms with Gasteiger partial charge in [0.25, 0.3) is 5.96 Å². The highest BCUT2D eigenvalue weighted by molar-refractivity contribution is 5.78. The first-order chi connectivity index (χ1) is 8.67. The monoisotopic (exact) mass is 248 g/mol. The Morgan fingerprint density at radius 2 is 2.28 bits per heavy atom. The number of hydrogen-bond donors (Lipinski definition) is 3. The normalized spacial score (nSPS) is 9.78. The maximum absolute atomic E-state index is 8.44. The fourth-order valence-electron chi connectivity index (χ4n) is 1.18. The molecule has 0 amide bonds. The van der Waals surface area contributed by atoms with Gasteiger partial charge in [0.05, 0.1) is 7.11 Å². The molecule has 0 bridgehead atoms. The lowest BCUT2D eigenvalue weighted by molar-refractivity contribution is -0.456. The van der Waals surface area contributed by atoms with Gasteiger partial charge >= 0.3 is 0 Å². The first kappa shape index (κ1) is 13.3. The Morgan fingerprint density at radius 3 is 2.89 bits per heavy atom. The molecule has 0 radical (unpaired) electrons. The molecule has 0 aromatic heterocycles. The molecule has 5 N–H and O–H groups in total. The minimum Gasteiger partial charge on any atom is -0.493 e. The van der Waals surface area contributed by atoms with Gasteiger partial charge in [-0.05, 0) is 18.2 Å². The van der Waals surface area contributed by atoms with E-state index in [0.29, 0.717) is 11.5 Å². The summed E-state index contributed by atoms with van der Waals surface area (Å²) >= 11 is 0. The molecular formula is C11H14N5O2+. The molecule has 0 spiro atoms. The van der Waals surface area contributed by atoms with Gasteiger partial charge in [-0.1, -0.05) is 0 Å². The van der Waals surface area contributed by atoms with Crippen LogP contribution in [0.5, 0.6) is 11.5 Å². The van der Waals surface area contributed by atoms with E-state index in [4.69, 9.17) is 26.2 Å². The number of ether oxygens (including phenoxy) is 2. The second-order valence-electron chi connectivity index (χ2n) is 3.17. The van der Waals surface area contributed by atoms with E-state index in [-0.39, 0.29) is 12.6 Å². The number of nitriles is 1. The Kier molecular flexibility index (Phi) is 4.99. The lowest BCUT2D eigenvalue weighted by Gasteiger charge is -2.07. The summed E-state index contributed by atoms with van der Waals surface area (Å²) in [6.45, 7) is -0.0360. The Morgan fingerprint density at radius 1 is 1.50 bits per heavy atom. The van der Waals surface area contributed by atoms with Crippen molar-refractivity contribution in [3.8, 4) is 17.6 Å². The zero-order chi connectivity index (χ0) is 13.4. The molecule has 0 aliphatic carbocycles. The lowest BCUT2D eigenvalue weighted by Crippen LogP contribution is -2.63. The quantitative estimate of drug-likeness (QED) is 0.325. The summed E-state index contributed by atoms with van der Waals surface area (Å²) in [4.78, 5) is 0. The van der Waals surface area contributed by atoms with E-state index in [1.165, 1.54) is 7.11 Å². The van der Waals surface area contributed by atoms with Gasteiger partial charge in [0.1, 0.15) is 6.07 Å². The van der Waals surface area contributed by atoms with Crippen molar-refractivity contribution >= 4 is 12.2 Å². The minimum atomic E-state index is -0.0628. The summed E-state index contributed by atoms with van der Waals surface area (Å²) in [6, 6.07) is 7.07. The SMILES string of the molecule is COc1cc(/C=[NH+]/N=C(N)N)ccc1OCC#N. The van der Waals surface area contributed by atoms with Crippen molar-refractivity contribution in [1.29, 1.82) is 5.26 Å². The third kappa shape index (κ3) is 4.02. The molecule has 94 valence electrons. The van der Waals surface area contributed by atoms with Crippen LogP contribution in [-0.4, -0.2) is 25.9 Å².